The Morgan fingerprint density at radius 2 is 1.71 bits per heavy atom. The van der Waals surface area contributed by atoms with Crippen LogP contribution >= 0.6 is 11.6 Å². The van der Waals surface area contributed by atoms with Crippen LogP contribution in [0.15, 0.2) is 54.6 Å². The number of anilines is 1. The van der Waals surface area contributed by atoms with Gasteiger partial charge in [0.05, 0.1) is 6.54 Å². The van der Waals surface area contributed by atoms with Gasteiger partial charge in [-0.25, -0.2) is 9.48 Å². The molecule has 0 saturated heterocycles. The summed E-state index contributed by atoms with van der Waals surface area (Å²) in [7, 11) is 0. The zero-order valence-corrected chi connectivity index (χ0v) is 14.4. The third kappa shape index (κ3) is 2.62. The second-order valence-corrected chi connectivity index (χ2v) is 7.06. The quantitative estimate of drug-likeness (QED) is 0.836. The molecule has 0 amide bonds. The summed E-state index contributed by atoms with van der Waals surface area (Å²) in [4.78, 5) is 2.28. The average molecular weight is 342 g/mol. The maximum atomic E-state index is 11.6. The molecule has 0 bridgehead atoms. The number of nitrogens with zero attached hydrogens (tertiary/aromatic N) is 2. The number of β-amino-alcohol motifs (C(OH)–C–C–N with tert-alkyl or cyclic N) is 1. The molecular formula is C20H22ClN2O+. The number of halogens is 1. The maximum Gasteiger partial charge on any atom is 0.271 e. The van der Waals surface area contributed by atoms with Gasteiger partial charge in [0.2, 0.25) is 0 Å². The highest BCUT2D eigenvalue weighted by Gasteiger charge is 2.51. The Bertz CT molecular complexity index is 757. The van der Waals surface area contributed by atoms with Crippen molar-refractivity contribution in [1.82, 2.24) is 0 Å². The standard InChI is InChI=1S/C20H22ClN2O/c21-17-12-10-16(11-13-17)20(24)15-22(18-7-3-1-4-8-18)19-9-5-2-6-14-23(19)20/h1,3-4,7-8,10-13,24H,2,5-6,9,14-15H2/q+1/t20-/m0/s1. The van der Waals surface area contributed by atoms with Gasteiger partial charge in [0, 0.05) is 17.0 Å². The molecule has 24 heavy (non-hydrogen) atoms. The van der Waals surface area contributed by atoms with Crippen molar-refractivity contribution in [2.75, 3.05) is 18.0 Å². The third-order valence-electron chi connectivity index (χ3n) is 5.10. The predicted molar refractivity (Wildman–Crippen MR) is 97.7 cm³/mol. The van der Waals surface area contributed by atoms with E-state index in [1.165, 1.54) is 18.7 Å². The maximum absolute atomic E-state index is 11.6. The van der Waals surface area contributed by atoms with E-state index in [1.54, 1.807) is 0 Å². The second-order valence-electron chi connectivity index (χ2n) is 6.62. The molecule has 0 radical (unpaired) electrons. The Kier molecular flexibility index (Phi) is 4.07. The smallest absolute Gasteiger partial charge is 0.271 e. The van der Waals surface area contributed by atoms with E-state index < -0.39 is 5.72 Å². The van der Waals surface area contributed by atoms with E-state index in [9.17, 15) is 5.11 Å². The molecule has 4 rings (SSSR count). The zero-order valence-electron chi connectivity index (χ0n) is 13.7. The number of para-hydroxylation sites is 1. The van der Waals surface area contributed by atoms with Crippen molar-refractivity contribution in [2.45, 2.75) is 31.4 Å². The highest BCUT2D eigenvalue weighted by atomic mass is 35.5. The summed E-state index contributed by atoms with van der Waals surface area (Å²) in [6.07, 6.45) is 4.50. The van der Waals surface area contributed by atoms with Crippen LogP contribution in [0.1, 0.15) is 31.2 Å². The number of amidine groups is 1. The molecule has 3 nitrogen and oxygen atoms in total. The first-order valence-corrected chi connectivity index (χ1v) is 9.01. The average Bonchev–Trinajstić information content (AvgIpc) is 2.77. The summed E-state index contributed by atoms with van der Waals surface area (Å²) in [5.41, 5.74) is 1.05. The summed E-state index contributed by atoms with van der Waals surface area (Å²) >= 11 is 6.04. The Balaban J connectivity index is 1.81. The van der Waals surface area contributed by atoms with Gasteiger partial charge >= 0.3 is 0 Å². The molecule has 2 aromatic carbocycles. The molecule has 2 heterocycles. The van der Waals surface area contributed by atoms with Gasteiger partial charge in [0.15, 0.2) is 6.54 Å². The molecule has 1 atom stereocenters. The minimum absolute atomic E-state index is 0.550. The van der Waals surface area contributed by atoms with Crippen LogP contribution in [0, 0.1) is 0 Å². The summed E-state index contributed by atoms with van der Waals surface area (Å²) in [5.74, 6) is 1.23. The highest BCUT2D eigenvalue weighted by Crippen LogP contribution is 2.35. The van der Waals surface area contributed by atoms with Gasteiger partial charge in [-0.15, -0.1) is 0 Å². The lowest BCUT2D eigenvalue weighted by atomic mass is 10.0. The molecule has 2 aromatic rings. The van der Waals surface area contributed by atoms with Crippen LogP contribution in [-0.4, -0.2) is 28.6 Å². The molecule has 0 aliphatic carbocycles. The second kappa shape index (κ2) is 6.23. The van der Waals surface area contributed by atoms with Crippen LogP contribution in [-0.2, 0) is 5.72 Å². The van der Waals surface area contributed by atoms with E-state index in [1.807, 2.05) is 30.3 Å². The number of rotatable bonds is 2. The first kappa shape index (κ1) is 15.7. The number of hydrogen-bond acceptors (Lipinski definition) is 2. The van der Waals surface area contributed by atoms with Crippen molar-refractivity contribution in [1.29, 1.82) is 0 Å². The van der Waals surface area contributed by atoms with Gasteiger partial charge in [-0.1, -0.05) is 41.9 Å². The molecule has 0 fully saturated rings. The van der Waals surface area contributed by atoms with Crippen LogP contribution in [0.3, 0.4) is 0 Å². The normalized spacial score (nSPS) is 24.0. The van der Waals surface area contributed by atoms with E-state index in [2.05, 4.69) is 33.7 Å². The fourth-order valence-electron chi connectivity index (χ4n) is 3.88. The Morgan fingerprint density at radius 3 is 2.46 bits per heavy atom. The van der Waals surface area contributed by atoms with E-state index in [-0.39, 0.29) is 0 Å². The number of benzene rings is 2. The molecular weight excluding hydrogens is 320 g/mol. The van der Waals surface area contributed by atoms with Gasteiger partial charge in [-0.05, 0) is 43.5 Å². The van der Waals surface area contributed by atoms with Crippen LogP contribution < -0.4 is 4.90 Å². The lowest BCUT2D eigenvalue weighted by Gasteiger charge is -2.23. The Labute approximate surface area is 147 Å². The fraction of sp³-hybridized carbons (Fsp3) is 0.350. The topological polar surface area (TPSA) is 26.5 Å². The van der Waals surface area contributed by atoms with E-state index in [0.29, 0.717) is 11.6 Å². The van der Waals surface area contributed by atoms with Crippen LogP contribution in [0.4, 0.5) is 5.69 Å². The van der Waals surface area contributed by atoms with Crippen LogP contribution in [0.5, 0.6) is 0 Å². The van der Waals surface area contributed by atoms with Crippen molar-refractivity contribution in [3.05, 3.63) is 65.2 Å². The molecule has 0 aromatic heterocycles. The first-order valence-electron chi connectivity index (χ1n) is 8.63. The summed E-state index contributed by atoms with van der Waals surface area (Å²) in [6.45, 7) is 1.44. The molecule has 124 valence electrons. The molecule has 1 N–H and O–H groups in total. The summed E-state index contributed by atoms with van der Waals surface area (Å²) in [6, 6.07) is 18.0. The lowest BCUT2D eigenvalue weighted by Crippen LogP contribution is -2.41. The summed E-state index contributed by atoms with van der Waals surface area (Å²) < 4.78 is 2.20. The minimum Gasteiger partial charge on any atom is -0.346 e. The van der Waals surface area contributed by atoms with Crippen molar-refractivity contribution >= 4 is 23.1 Å². The van der Waals surface area contributed by atoms with Crippen molar-refractivity contribution in [2.24, 2.45) is 0 Å². The van der Waals surface area contributed by atoms with Gasteiger partial charge in [-0.2, -0.15) is 0 Å². The molecule has 0 spiro atoms. The van der Waals surface area contributed by atoms with E-state index in [0.717, 1.165) is 30.6 Å². The van der Waals surface area contributed by atoms with E-state index in [4.69, 9.17) is 11.6 Å². The number of aliphatic hydroxyl groups is 1. The molecule has 0 saturated carbocycles. The zero-order chi connectivity index (χ0) is 16.6. The molecule has 2 aliphatic rings. The van der Waals surface area contributed by atoms with Crippen molar-refractivity contribution in [3.8, 4) is 0 Å². The van der Waals surface area contributed by atoms with Gasteiger partial charge < -0.3 is 5.11 Å². The number of hydrogen-bond donors (Lipinski definition) is 1. The summed E-state index contributed by atoms with van der Waals surface area (Å²) in [5, 5.41) is 12.3. The van der Waals surface area contributed by atoms with Gasteiger partial charge in [-0.3, -0.25) is 0 Å². The molecule has 4 heteroatoms. The van der Waals surface area contributed by atoms with Crippen LogP contribution in [0.2, 0.25) is 5.02 Å². The lowest BCUT2D eigenvalue weighted by molar-refractivity contribution is -0.658. The third-order valence-corrected chi connectivity index (χ3v) is 5.36. The van der Waals surface area contributed by atoms with E-state index >= 15 is 0 Å². The Hall–Kier alpha value is -1.84. The first-order chi connectivity index (χ1) is 11.7. The molecule has 0 unspecified atom stereocenters. The van der Waals surface area contributed by atoms with Crippen molar-refractivity contribution < 1.29 is 9.68 Å². The minimum atomic E-state index is -1.000. The SMILES string of the molecule is O[C@]1(c2ccc(Cl)cc2)CN(c2ccccc2)C2=[N+]1CCCCC2. The monoisotopic (exact) mass is 341 g/mol. The van der Waals surface area contributed by atoms with Crippen LogP contribution in [0.25, 0.3) is 0 Å². The highest BCUT2D eigenvalue weighted by molar-refractivity contribution is 6.30. The Morgan fingerprint density at radius 1 is 0.958 bits per heavy atom. The van der Waals surface area contributed by atoms with Gasteiger partial charge in [0.25, 0.3) is 11.6 Å². The predicted octanol–water partition coefficient (Wildman–Crippen LogP) is 3.99. The fourth-order valence-corrected chi connectivity index (χ4v) is 4.01. The molecule has 2 aliphatic heterocycles. The largest absolute Gasteiger partial charge is 0.346 e. The van der Waals surface area contributed by atoms with Gasteiger partial charge in [0.1, 0.15) is 5.69 Å². The van der Waals surface area contributed by atoms with Crippen molar-refractivity contribution in [3.63, 3.8) is 0 Å².